The van der Waals surface area contributed by atoms with Crippen LogP contribution in [0.1, 0.15) is 43.8 Å². The molecule has 1 aliphatic heterocycles. The molecule has 0 unspecified atom stereocenters. The lowest BCUT2D eigenvalue weighted by molar-refractivity contribution is -0.193. The van der Waals surface area contributed by atoms with Gasteiger partial charge in [-0.1, -0.05) is 22.0 Å². The number of hydrogen-bond donors (Lipinski definition) is 1. The van der Waals surface area contributed by atoms with Gasteiger partial charge >= 0.3 is 6.18 Å². The van der Waals surface area contributed by atoms with E-state index in [1.54, 1.807) is 12.1 Å². The van der Waals surface area contributed by atoms with E-state index < -0.39 is 23.8 Å². The van der Waals surface area contributed by atoms with Crippen molar-refractivity contribution in [1.82, 2.24) is 0 Å². The van der Waals surface area contributed by atoms with Crippen LogP contribution in [-0.2, 0) is 0 Å². The van der Waals surface area contributed by atoms with Crippen molar-refractivity contribution in [3.8, 4) is 5.75 Å². The molecule has 0 aromatic heterocycles. The standard InChI is InChI=1S/C15H16BrF3O2/c16-10-1-2-11-12(20)8-14(21-13(11)7-10)5-3-9(4-6-14)15(17,18)19/h1-2,7,9,12,20H,3-6,8H2/t9?,12-,14?/m1/s1. The number of ether oxygens (including phenoxy) is 1. The molecule has 1 saturated carbocycles. The third-order valence-electron chi connectivity index (χ3n) is 4.59. The zero-order chi connectivity index (χ0) is 15.3. The zero-order valence-electron chi connectivity index (χ0n) is 11.3. The van der Waals surface area contributed by atoms with Gasteiger partial charge in [0.25, 0.3) is 0 Å². The molecule has 1 aliphatic carbocycles. The Morgan fingerprint density at radius 1 is 1.24 bits per heavy atom. The predicted octanol–water partition coefficient (Wildman–Crippen LogP) is 4.76. The van der Waals surface area contributed by atoms with Crippen LogP contribution in [0.4, 0.5) is 13.2 Å². The summed E-state index contributed by atoms with van der Waals surface area (Å²) in [7, 11) is 0. The van der Waals surface area contributed by atoms with Crippen LogP contribution in [-0.4, -0.2) is 16.9 Å². The Balaban J connectivity index is 1.80. The SMILES string of the molecule is O[C@@H]1CC2(CCC(C(F)(F)F)CC2)Oc2cc(Br)ccc21. The topological polar surface area (TPSA) is 29.5 Å². The van der Waals surface area contributed by atoms with Crippen LogP contribution < -0.4 is 4.74 Å². The van der Waals surface area contributed by atoms with Crippen LogP contribution in [0.3, 0.4) is 0 Å². The normalized spacial score (nSPS) is 32.6. The minimum atomic E-state index is -4.13. The molecule has 1 heterocycles. The maximum absolute atomic E-state index is 12.8. The first-order valence-corrected chi connectivity index (χ1v) is 7.82. The molecule has 0 bridgehead atoms. The Hall–Kier alpha value is -0.750. The van der Waals surface area contributed by atoms with E-state index in [2.05, 4.69) is 15.9 Å². The summed E-state index contributed by atoms with van der Waals surface area (Å²) < 4.78 is 45.2. The molecule has 1 aromatic rings. The Bertz CT molecular complexity index is 536. The summed E-state index contributed by atoms with van der Waals surface area (Å²) in [6, 6.07) is 5.39. The second-order valence-corrected chi connectivity index (χ2v) is 6.92. The highest BCUT2D eigenvalue weighted by molar-refractivity contribution is 9.10. The largest absolute Gasteiger partial charge is 0.487 e. The molecule has 1 N–H and O–H groups in total. The van der Waals surface area contributed by atoms with Crippen LogP contribution >= 0.6 is 15.9 Å². The number of fused-ring (bicyclic) bond motifs is 1. The van der Waals surface area contributed by atoms with Crippen molar-refractivity contribution in [1.29, 1.82) is 0 Å². The molecule has 0 amide bonds. The van der Waals surface area contributed by atoms with Crippen molar-refractivity contribution in [3.63, 3.8) is 0 Å². The molecule has 0 saturated heterocycles. The van der Waals surface area contributed by atoms with E-state index in [-0.39, 0.29) is 12.8 Å². The molecule has 1 spiro atoms. The van der Waals surface area contributed by atoms with Crippen molar-refractivity contribution in [2.24, 2.45) is 5.92 Å². The zero-order valence-corrected chi connectivity index (χ0v) is 12.9. The monoisotopic (exact) mass is 364 g/mol. The first-order valence-electron chi connectivity index (χ1n) is 7.02. The van der Waals surface area contributed by atoms with Crippen molar-refractivity contribution in [2.45, 2.75) is 50.0 Å². The maximum atomic E-state index is 12.8. The second kappa shape index (κ2) is 5.16. The van der Waals surface area contributed by atoms with E-state index in [4.69, 9.17) is 4.74 Å². The number of rotatable bonds is 0. The maximum Gasteiger partial charge on any atom is 0.391 e. The van der Waals surface area contributed by atoms with Gasteiger partial charge in [-0.15, -0.1) is 0 Å². The summed E-state index contributed by atoms with van der Waals surface area (Å²) in [6.45, 7) is 0. The number of aliphatic hydroxyl groups excluding tert-OH is 1. The Kier molecular flexibility index (Phi) is 3.72. The second-order valence-electron chi connectivity index (χ2n) is 6.00. The van der Waals surface area contributed by atoms with E-state index in [0.717, 1.165) is 4.47 Å². The summed E-state index contributed by atoms with van der Waals surface area (Å²) in [5.41, 5.74) is 0.0522. The van der Waals surface area contributed by atoms with E-state index in [0.29, 0.717) is 30.6 Å². The Labute approximate surface area is 129 Å². The lowest BCUT2D eigenvalue weighted by atomic mass is 9.74. The molecule has 116 valence electrons. The molecule has 1 fully saturated rings. The summed E-state index contributed by atoms with van der Waals surface area (Å²) in [6.07, 6.45) is -3.63. The molecule has 6 heteroatoms. The molecule has 3 rings (SSSR count). The molecule has 21 heavy (non-hydrogen) atoms. The average Bonchev–Trinajstić information content (AvgIpc) is 2.37. The van der Waals surface area contributed by atoms with Crippen molar-refractivity contribution in [3.05, 3.63) is 28.2 Å². The Morgan fingerprint density at radius 3 is 2.52 bits per heavy atom. The van der Waals surface area contributed by atoms with Crippen LogP contribution in [0.15, 0.2) is 22.7 Å². The lowest BCUT2D eigenvalue weighted by Crippen LogP contribution is -2.46. The van der Waals surface area contributed by atoms with Crippen LogP contribution in [0.5, 0.6) is 5.75 Å². The van der Waals surface area contributed by atoms with E-state index in [1.807, 2.05) is 6.07 Å². The third kappa shape index (κ3) is 2.93. The molecule has 2 aliphatic rings. The highest BCUT2D eigenvalue weighted by Crippen LogP contribution is 2.50. The molecule has 0 radical (unpaired) electrons. The van der Waals surface area contributed by atoms with Gasteiger partial charge in [0.2, 0.25) is 0 Å². The van der Waals surface area contributed by atoms with Gasteiger partial charge in [0.15, 0.2) is 0 Å². The van der Waals surface area contributed by atoms with Gasteiger partial charge in [0.05, 0.1) is 12.0 Å². The van der Waals surface area contributed by atoms with Gasteiger partial charge in [-0.25, -0.2) is 0 Å². The highest BCUT2D eigenvalue weighted by atomic mass is 79.9. The first-order chi connectivity index (χ1) is 9.79. The fourth-order valence-electron chi connectivity index (χ4n) is 3.39. The van der Waals surface area contributed by atoms with Crippen molar-refractivity contribution in [2.75, 3.05) is 0 Å². The van der Waals surface area contributed by atoms with Gasteiger partial charge < -0.3 is 9.84 Å². The first kappa shape index (κ1) is 15.2. The molecule has 1 aromatic carbocycles. The van der Waals surface area contributed by atoms with E-state index in [1.165, 1.54) is 0 Å². The van der Waals surface area contributed by atoms with Gasteiger partial charge in [-0.05, 0) is 37.8 Å². The smallest absolute Gasteiger partial charge is 0.391 e. The number of aliphatic hydroxyl groups is 1. The van der Waals surface area contributed by atoms with Crippen LogP contribution in [0.25, 0.3) is 0 Å². The molecule has 2 nitrogen and oxygen atoms in total. The van der Waals surface area contributed by atoms with E-state index >= 15 is 0 Å². The molecular formula is C15H16BrF3O2. The van der Waals surface area contributed by atoms with Crippen molar-refractivity contribution < 1.29 is 23.0 Å². The van der Waals surface area contributed by atoms with Gasteiger partial charge in [-0.3, -0.25) is 0 Å². The molecular weight excluding hydrogens is 349 g/mol. The number of benzene rings is 1. The number of alkyl halides is 3. The summed E-state index contributed by atoms with van der Waals surface area (Å²) in [5.74, 6) is -0.665. The minimum absolute atomic E-state index is 0.0690. The Morgan fingerprint density at radius 2 is 1.90 bits per heavy atom. The van der Waals surface area contributed by atoms with E-state index in [9.17, 15) is 18.3 Å². The summed E-state index contributed by atoms with van der Waals surface area (Å²) in [5, 5.41) is 10.3. The lowest BCUT2D eigenvalue weighted by Gasteiger charge is -2.45. The highest BCUT2D eigenvalue weighted by Gasteiger charge is 2.49. The summed E-state index contributed by atoms with van der Waals surface area (Å²) >= 11 is 3.35. The quantitative estimate of drug-likeness (QED) is 0.719. The van der Waals surface area contributed by atoms with Crippen LogP contribution in [0.2, 0.25) is 0 Å². The summed E-state index contributed by atoms with van der Waals surface area (Å²) in [4.78, 5) is 0. The average molecular weight is 365 g/mol. The predicted molar refractivity (Wildman–Crippen MR) is 75.1 cm³/mol. The molecule has 1 atom stereocenters. The number of hydrogen-bond acceptors (Lipinski definition) is 2. The fourth-order valence-corrected chi connectivity index (χ4v) is 3.73. The fraction of sp³-hybridized carbons (Fsp3) is 0.600. The number of halogens is 4. The van der Waals surface area contributed by atoms with Gasteiger partial charge in [-0.2, -0.15) is 13.2 Å². The van der Waals surface area contributed by atoms with Crippen LogP contribution in [0, 0.1) is 5.92 Å². The van der Waals surface area contributed by atoms with Crippen molar-refractivity contribution >= 4 is 15.9 Å². The minimum Gasteiger partial charge on any atom is -0.487 e. The van der Waals surface area contributed by atoms with Gasteiger partial charge in [0, 0.05) is 16.5 Å². The third-order valence-corrected chi connectivity index (χ3v) is 5.08. The van der Waals surface area contributed by atoms with Gasteiger partial charge in [0.1, 0.15) is 11.4 Å².